The van der Waals surface area contributed by atoms with Gasteiger partial charge < -0.3 is 14.7 Å². The lowest BCUT2D eigenvalue weighted by molar-refractivity contribution is -0.148. The van der Waals surface area contributed by atoms with Crippen LogP contribution in [0.15, 0.2) is 21.9 Å². The SMILES string of the molecule is CSc1cc2c(cc1OCC(C)(C)C(=O)O)SN(C)C(CCC(C)(F)F)CN2C1CC(C)C(F)(F)C1. The van der Waals surface area contributed by atoms with Gasteiger partial charge in [0, 0.05) is 37.4 Å². The number of aliphatic carboxylic acids is 1. The van der Waals surface area contributed by atoms with Gasteiger partial charge >= 0.3 is 5.97 Å². The molecule has 1 aliphatic carbocycles. The fourth-order valence-electron chi connectivity index (χ4n) is 4.55. The number of carbonyl (C=O) groups is 1. The van der Waals surface area contributed by atoms with Crippen LogP contribution in [0.5, 0.6) is 5.75 Å². The van der Waals surface area contributed by atoms with E-state index in [0.717, 1.165) is 22.4 Å². The first-order valence-electron chi connectivity index (χ1n) is 12.1. The molecule has 36 heavy (non-hydrogen) atoms. The van der Waals surface area contributed by atoms with Crippen LogP contribution >= 0.6 is 23.7 Å². The first-order valence-corrected chi connectivity index (χ1v) is 14.0. The van der Waals surface area contributed by atoms with Gasteiger partial charge in [-0.1, -0.05) is 6.92 Å². The number of carboxylic acids is 1. The van der Waals surface area contributed by atoms with Crippen molar-refractivity contribution in [3.05, 3.63) is 12.1 Å². The molecule has 1 aromatic rings. The van der Waals surface area contributed by atoms with Gasteiger partial charge in [0.05, 0.1) is 20.9 Å². The molecule has 0 saturated heterocycles. The lowest BCUT2D eigenvalue weighted by atomic mass is 9.95. The standard InChI is InChI=1S/C25H36F4N2O3S2/c1-15-9-17(12-25(15,28)29)31-13-16(7-8-24(4,26)27)30(5)36-20-11-19(21(35-6)10-18(20)31)34-14-23(2,3)22(32)33/h10-11,15-17H,7-9,12-14H2,1-6H3,(H,32,33). The zero-order chi connectivity index (χ0) is 27.1. The smallest absolute Gasteiger partial charge is 0.312 e. The molecule has 2 aliphatic rings. The van der Waals surface area contributed by atoms with Crippen LogP contribution < -0.4 is 9.64 Å². The monoisotopic (exact) mass is 552 g/mol. The molecular formula is C25H36F4N2O3S2. The number of ether oxygens (including phenoxy) is 1. The predicted molar refractivity (Wildman–Crippen MR) is 137 cm³/mol. The highest BCUT2D eigenvalue weighted by Gasteiger charge is 2.49. The summed E-state index contributed by atoms with van der Waals surface area (Å²) in [5.41, 5.74) is -0.317. The Hall–Kier alpha value is -1.33. The van der Waals surface area contributed by atoms with E-state index in [-0.39, 0.29) is 31.9 Å². The third kappa shape index (κ3) is 6.75. The minimum atomic E-state index is -2.81. The normalized spacial score (nSPS) is 24.9. The maximum atomic E-state index is 14.6. The summed E-state index contributed by atoms with van der Waals surface area (Å²) in [5, 5.41) is 9.45. The molecule has 0 amide bonds. The number of carboxylic acid groups (broad SMARTS) is 1. The molecule has 0 radical (unpaired) electrons. The molecule has 3 unspecified atom stereocenters. The fourth-order valence-corrected chi connectivity index (χ4v) is 6.16. The Morgan fingerprint density at radius 3 is 2.50 bits per heavy atom. The second-order valence-corrected chi connectivity index (χ2v) is 12.8. The van der Waals surface area contributed by atoms with Crippen LogP contribution in [0.2, 0.25) is 0 Å². The number of likely N-dealkylation sites (N-methyl/N-ethyl adjacent to an activating group) is 1. The Kier molecular flexibility index (Phi) is 8.77. The van der Waals surface area contributed by atoms with Gasteiger partial charge in [0.15, 0.2) is 0 Å². The highest BCUT2D eigenvalue weighted by atomic mass is 32.2. The second kappa shape index (κ2) is 10.8. The van der Waals surface area contributed by atoms with Crippen molar-refractivity contribution < 1.29 is 32.2 Å². The number of alkyl halides is 4. The third-order valence-electron chi connectivity index (χ3n) is 7.10. The summed E-state index contributed by atoms with van der Waals surface area (Å²) >= 11 is 2.81. The molecule has 0 bridgehead atoms. The molecule has 1 fully saturated rings. The van der Waals surface area contributed by atoms with Gasteiger partial charge in [-0.3, -0.25) is 4.79 Å². The topological polar surface area (TPSA) is 53.0 Å². The number of hydrogen-bond acceptors (Lipinski definition) is 6. The first kappa shape index (κ1) is 29.2. The molecule has 0 spiro atoms. The van der Waals surface area contributed by atoms with Gasteiger partial charge in [-0.15, -0.1) is 11.8 Å². The Balaban J connectivity index is 2.00. The van der Waals surface area contributed by atoms with Crippen molar-refractivity contribution >= 4 is 35.4 Å². The van der Waals surface area contributed by atoms with E-state index in [1.54, 1.807) is 20.8 Å². The molecule has 11 heteroatoms. The Morgan fingerprint density at radius 2 is 1.97 bits per heavy atom. The van der Waals surface area contributed by atoms with Crippen molar-refractivity contribution in [2.75, 3.05) is 31.4 Å². The van der Waals surface area contributed by atoms with Gasteiger partial charge in [0.2, 0.25) is 5.92 Å². The van der Waals surface area contributed by atoms with Gasteiger partial charge in [-0.05, 0) is 71.0 Å². The molecule has 1 saturated carbocycles. The number of benzene rings is 1. The molecule has 3 atom stereocenters. The first-order chi connectivity index (χ1) is 16.5. The molecule has 3 rings (SSSR count). The van der Waals surface area contributed by atoms with E-state index >= 15 is 0 Å². The highest BCUT2D eigenvalue weighted by Crippen LogP contribution is 2.49. The maximum absolute atomic E-state index is 14.6. The highest BCUT2D eigenvalue weighted by molar-refractivity contribution is 7.98. The van der Waals surface area contributed by atoms with E-state index in [1.807, 2.05) is 34.6 Å². The predicted octanol–water partition coefficient (Wildman–Crippen LogP) is 6.89. The number of nitrogens with zero attached hydrogens (tertiary/aromatic N) is 2. The largest absolute Gasteiger partial charge is 0.491 e. The van der Waals surface area contributed by atoms with Crippen molar-refractivity contribution in [3.63, 3.8) is 0 Å². The summed E-state index contributed by atoms with van der Waals surface area (Å²) in [6.45, 7) is 5.94. The van der Waals surface area contributed by atoms with Crippen LogP contribution in [0.3, 0.4) is 0 Å². The van der Waals surface area contributed by atoms with Gasteiger partial charge in [0.25, 0.3) is 5.92 Å². The molecule has 1 aromatic carbocycles. The van der Waals surface area contributed by atoms with Crippen LogP contribution in [0.4, 0.5) is 23.2 Å². The average Bonchev–Trinajstić information content (AvgIpc) is 2.95. The van der Waals surface area contributed by atoms with Gasteiger partial charge in [0.1, 0.15) is 12.4 Å². The van der Waals surface area contributed by atoms with Crippen LogP contribution in [-0.4, -0.2) is 65.8 Å². The Morgan fingerprint density at radius 1 is 1.31 bits per heavy atom. The van der Waals surface area contributed by atoms with Crippen molar-refractivity contribution in [2.24, 2.45) is 11.3 Å². The Labute approximate surface area is 219 Å². The number of anilines is 1. The number of halogens is 4. The zero-order valence-electron chi connectivity index (χ0n) is 21.6. The summed E-state index contributed by atoms with van der Waals surface area (Å²) in [6, 6.07) is 3.03. The summed E-state index contributed by atoms with van der Waals surface area (Å²) < 4.78 is 64.4. The van der Waals surface area contributed by atoms with E-state index in [9.17, 15) is 27.5 Å². The van der Waals surface area contributed by atoms with Gasteiger partial charge in [-0.2, -0.15) is 0 Å². The third-order valence-corrected chi connectivity index (χ3v) is 8.97. The number of hydrogen-bond donors (Lipinski definition) is 1. The molecule has 1 aliphatic heterocycles. The van der Waals surface area contributed by atoms with Crippen molar-refractivity contribution in [1.29, 1.82) is 0 Å². The molecule has 1 heterocycles. The second-order valence-electron chi connectivity index (χ2n) is 10.8. The van der Waals surface area contributed by atoms with Crippen molar-refractivity contribution in [3.8, 4) is 5.75 Å². The maximum Gasteiger partial charge on any atom is 0.312 e. The Bertz CT molecular complexity index is 958. The number of rotatable bonds is 9. The van der Waals surface area contributed by atoms with Crippen LogP contribution in [-0.2, 0) is 4.79 Å². The fraction of sp³-hybridized carbons (Fsp3) is 0.720. The van der Waals surface area contributed by atoms with Crippen LogP contribution in [0.25, 0.3) is 0 Å². The quantitative estimate of drug-likeness (QED) is 0.203. The molecule has 204 valence electrons. The van der Waals surface area contributed by atoms with Crippen LogP contribution in [0.1, 0.15) is 53.4 Å². The average molecular weight is 553 g/mol. The van der Waals surface area contributed by atoms with Crippen molar-refractivity contribution in [2.45, 2.75) is 87.1 Å². The minimum absolute atomic E-state index is 0.0422. The molecular weight excluding hydrogens is 516 g/mol. The van der Waals surface area contributed by atoms with Crippen LogP contribution in [0, 0.1) is 11.3 Å². The molecule has 5 nitrogen and oxygen atoms in total. The van der Waals surface area contributed by atoms with Gasteiger partial charge in [-0.25, -0.2) is 21.9 Å². The molecule has 0 aromatic heterocycles. The minimum Gasteiger partial charge on any atom is -0.491 e. The number of fused-ring (bicyclic) bond motifs is 1. The van der Waals surface area contributed by atoms with E-state index in [0.29, 0.717) is 18.7 Å². The summed E-state index contributed by atoms with van der Waals surface area (Å²) in [5.74, 6) is -6.82. The lowest BCUT2D eigenvalue weighted by Gasteiger charge is -2.35. The summed E-state index contributed by atoms with van der Waals surface area (Å²) in [4.78, 5) is 15.1. The van der Waals surface area contributed by atoms with Crippen molar-refractivity contribution in [1.82, 2.24) is 4.31 Å². The van der Waals surface area contributed by atoms with E-state index in [2.05, 4.69) is 0 Å². The van der Waals surface area contributed by atoms with E-state index in [1.165, 1.54) is 23.7 Å². The van der Waals surface area contributed by atoms with E-state index < -0.39 is 35.2 Å². The lowest BCUT2D eigenvalue weighted by Crippen LogP contribution is -2.43. The number of thioether (sulfide) groups is 1. The zero-order valence-corrected chi connectivity index (χ0v) is 23.2. The molecule has 1 N–H and O–H groups in total. The van der Waals surface area contributed by atoms with E-state index in [4.69, 9.17) is 4.74 Å². The summed E-state index contributed by atoms with van der Waals surface area (Å²) in [7, 11) is 1.83. The summed E-state index contributed by atoms with van der Waals surface area (Å²) in [6.07, 6.45) is 1.84.